The van der Waals surface area contributed by atoms with Crippen LogP contribution in [0.4, 0.5) is 60.5 Å². The molecule has 4 unspecified atom stereocenters. The molecule has 2 fully saturated rings. The number of nitrogens with two attached hydrogens (primary N) is 1. The van der Waals surface area contributed by atoms with E-state index >= 15 is 8.78 Å². The number of unbranched alkanes of at least 4 members (excludes halogenated alkanes) is 1. The summed E-state index contributed by atoms with van der Waals surface area (Å²) in [6.07, 6.45) is 8.71. The van der Waals surface area contributed by atoms with E-state index in [0.717, 1.165) is 90.0 Å². The molecule has 34 heteroatoms. The second-order valence-corrected chi connectivity index (χ2v) is 35.1. The summed E-state index contributed by atoms with van der Waals surface area (Å²) in [5.41, 5.74) is 14.4. The summed E-state index contributed by atoms with van der Waals surface area (Å²) in [4.78, 5) is 24.2. The van der Waals surface area contributed by atoms with Crippen LogP contribution < -0.4 is 51.6 Å². The number of aryl methyl sites for hydroxylation is 5. The maximum Gasteiger partial charge on any atom is 0.294 e. The summed E-state index contributed by atoms with van der Waals surface area (Å²) in [7, 11) is -3.47. The van der Waals surface area contributed by atoms with Crippen LogP contribution >= 0.6 is 57.7 Å². The molecule has 0 spiro atoms. The molecule has 4 atom stereocenters. The van der Waals surface area contributed by atoms with Gasteiger partial charge in [0.2, 0.25) is 11.2 Å². The summed E-state index contributed by atoms with van der Waals surface area (Å²) < 4.78 is 111. The number of halogens is 5. The molecule has 2 saturated heterocycles. The molecule has 5 aromatic carbocycles. The number of hydrogen-bond acceptors (Lipinski definition) is 23. The number of aliphatic hydroxyl groups excluding tert-OH is 1. The first-order chi connectivity index (χ1) is 48.4. The molecule has 0 saturated carbocycles. The van der Waals surface area contributed by atoms with Gasteiger partial charge in [-0.25, -0.2) is 18.7 Å². The fourth-order valence-corrected chi connectivity index (χ4v) is 14.8. The number of hydrogen-bond donors (Lipinski definition) is 6. The molecule has 6 heterocycles. The predicted molar refractivity (Wildman–Crippen MR) is 413 cm³/mol. The van der Waals surface area contributed by atoms with Gasteiger partial charge in [0.05, 0.1) is 98.2 Å². The number of nitrogens with one attached hydrogen (secondary N) is 3. The molecule has 0 radical (unpaired) electrons. The Morgan fingerprint density at radius 3 is 1.49 bits per heavy atom. The van der Waals surface area contributed by atoms with Gasteiger partial charge < -0.3 is 64.7 Å². The molecule has 2 aliphatic heterocycles. The van der Waals surface area contributed by atoms with Crippen molar-refractivity contribution < 1.29 is 54.9 Å². The third-order valence-corrected chi connectivity index (χ3v) is 21.0. The Bertz CT molecular complexity index is 4610. The van der Waals surface area contributed by atoms with Crippen LogP contribution in [0.5, 0.6) is 11.5 Å². The van der Waals surface area contributed by atoms with Crippen molar-refractivity contribution in [2.24, 2.45) is 14.1 Å². The van der Waals surface area contributed by atoms with E-state index < -0.39 is 36.0 Å². The standard InChI is InChI=1S/C29H35BrFN8O3P.C15H14BrClFN6OP.C14H22N2O2.C7H8O3S.C4H10O/c1-16-10-24(39-14-17(2)42-18(3)15-39)25(41-5)11-22(16)35-29-32-12-20(30)28(36-29)34-21-9-8-19(23-13-33-38(4)37-23)26(31)27(21)43(6,7)40;1-24-20-7-11(23-24)8-4-5-10(13(12(8)18)26(2,3)25)21-14-9(16)6-19-15(17)22-14;1-9-5-13(14(17-4)6-12(9)15)16-7-10(2)18-11(3)8-16;1-6-2-4-7(5-3-6)11(8,9)10;1-2-3-4-5/h8-13,17-18H,14-15H2,1-7H3,(H2,32,34,35,36);4-7H,1-3H3,(H,19,21,22);5-6,10-11H,7-8,15H2,1-4H3;2-5H,1H3,(H,8,9,10);5H,2-4H2,1H3. The topological polar surface area (TPSA) is 327 Å². The van der Waals surface area contributed by atoms with Crippen LogP contribution in [0, 0.1) is 32.4 Å². The Morgan fingerprint density at radius 1 is 0.650 bits per heavy atom. The molecule has 0 aliphatic carbocycles. The van der Waals surface area contributed by atoms with Gasteiger partial charge in [0.1, 0.15) is 60.4 Å². The molecule has 4 aromatic heterocycles. The SMILES string of the molecule is CCCCO.COc1cc(N)c(C)cc1N1CC(C)OC(C)C1.COc1cc(Nc2ncc(Br)c(Nc3ccc(-c4cnn(C)n4)c(F)c3P(C)(C)=O)n2)c(C)cc1N1CC(C)OC(C)C1.Cc1ccc(S(=O)(=O)O)cc1.Cn1ncc(-c2ccc(Nc3nc(Cl)ncc3Br)c(P(C)(C)=O)c2F)n1. The maximum absolute atomic E-state index is 15.9. The quantitative estimate of drug-likeness (QED) is 0.0213. The zero-order valence-corrected chi connectivity index (χ0v) is 66.8. The Labute approximate surface area is 622 Å². The van der Waals surface area contributed by atoms with Crippen LogP contribution in [0.2, 0.25) is 5.28 Å². The number of nitrogen functional groups attached to an aromatic ring is 1. The molecular formula is C69H89Br2ClF2N16O10P2S. The van der Waals surface area contributed by atoms with E-state index in [4.69, 9.17) is 45.9 Å². The smallest absolute Gasteiger partial charge is 0.294 e. The molecule has 556 valence electrons. The molecule has 103 heavy (non-hydrogen) atoms. The number of aliphatic hydroxyl groups is 1. The van der Waals surface area contributed by atoms with Gasteiger partial charge in [0.15, 0.2) is 0 Å². The van der Waals surface area contributed by atoms with Crippen LogP contribution in [-0.2, 0) is 42.8 Å². The minimum Gasteiger partial charge on any atom is -0.495 e. The normalized spacial score (nSPS) is 16.0. The fraction of sp³-hybridized carbons (Fsp3) is 0.391. The van der Waals surface area contributed by atoms with Crippen LogP contribution in [0.1, 0.15) is 64.2 Å². The predicted octanol–water partition coefficient (Wildman–Crippen LogP) is 13.9. The number of morpholine rings is 2. The molecule has 0 bridgehead atoms. The zero-order chi connectivity index (χ0) is 76.0. The van der Waals surface area contributed by atoms with E-state index in [2.05, 4.69) is 145 Å². The van der Waals surface area contributed by atoms with Crippen LogP contribution in [0.15, 0.2) is 111 Å². The highest BCUT2D eigenvalue weighted by Crippen LogP contribution is 2.45. The van der Waals surface area contributed by atoms with Gasteiger partial charge in [-0.15, -0.1) is 0 Å². The van der Waals surface area contributed by atoms with Gasteiger partial charge in [0.25, 0.3) is 10.1 Å². The fourth-order valence-electron chi connectivity index (χ4n) is 11.0. The third-order valence-electron chi connectivity index (χ3n) is 15.7. The summed E-state index contributed by atoms with van der Waals surface area (Å²) in [6.45, 7) is 25.9. The highest BCUT2D eigenvalue weighted by molar-refractivity contribution is 9.11. The van der Waals surface area contributed by atoms with E-state index in [1.165, 1.54) is 67.0 Å². The number of nitrogens with zero attached hydrogens (tertiary/aromatic N) is 12. The molecule has 2 aliphatic rings. The summed E-state index contributed by atoms with van der Waals surface area (Å²) in [5.74, 6) is 1.35. The lowest BCUT2D eigenvalue weighted by atomic mass is 10.1. The molecule has 11 rings (SSSR count). The Hall–Kier alpha value is -7.70. The number of benzene rings is 5. The van der Waals surface area contributed by atoms with Crippen molar-refractivity contribution in [1.82, 2.24) is 49.9 Å². The maximum atomic E-state index is 15.9. The second kappa shape index (κ2) is 36.3. The molecule has 0 amide bonds. The van der Waals surface area contributed by atoms with Gasteiger partial charge in [0, 0.05) is 93.9 Å². The largest absolute Gasteiger partial charge is 0.495 e. The van der Waals surface area contributed by atoms with E-state index in [1.54, 1.807) is 70.9 Å². The first-order valence-electron chi connectivity index (χ1n) is 32.5. The first kappa shape index (κ1) is 82.6. The number of anilines is 9. The van der Waals surface area contributed by atoms with Crippen LogP contribution in [0.25, 0.3) is 22.5 Å². The van der Waals surface area contributed by atoms with Crippen molar-refractivity contribution >= 4 is 130 Å². The molecule has 26 nitrogen and oxygen atoms in total. The van der Waals surface area contributed by atoms with Crippen molar-refractivity contribution in [3.8, 4) is 34.0 Å². The molecule has 9 aromatic rings. The highest BCUT2D eigenvalue weighted by atomic mass is 79.9. The van der Waals surface area contributed by atoms with Crippen molar-refractivity contribution in [1.29, 1.82) is 0 Å². The zero-order valence-electron chi connectivity index (χ0n) is 60.3. The Balaban J connectivity index is 0.000000209. The van der Waals surface area contributed by atoms with Crippen molar-refractivity contribution in [2.75, 3.05) is 105 Å². The van der Waals surface area contributed by atoms with Crippen molar-refractivity contribution in [2.45, 2.75) is 97.5 Å². The summed E-state index contributed by atoms with van der Waals surface area (Å²) >= 11 is 12.6. The average molecular weight is 1630 g/mol. The summed E-state index contributed by atoms with van der Waals surface area (Å²) in [6, 6.07) is 20.4. The van der Waals surface area contributed by atoms with Gasteiger partial charge >= 0.3 is 0 Å². The van der Waals surface area contributed by atoms with Gasteiger partial charge in [-0.05, 0) is 185 Å². The van der Waals surface area contributed by atoms with E-state index in [1.807, 2.05) is 32.9 Å². The highest BCUT2D eigenvalue weighted by Gasteiger charge is 2.30. The van der Waals surface area contributed by atoms with E-state index in [0.29, 0.717) is 55.9 Å². The minimum atomic E-state index is -4.02. The Morgan fingerprint density at radius 2 is 1.09 bits per heavy atom. The number of aromatic nitrogens is 10. The lowest BCUT2D eigenvalue weighted by Crippen LogP contribution is -2.45. The van der Waals surface area contributed by atoms with Crippen molar-refractivity contribution in [3.05, 3.63) is 140 Å². The van der Waals surface area contributed by atoms with Crippen molar-refractivity contribution in [3.63, 3.8) is 0 Å². The van der Waals surface area contributed by atoms with E-state index in [-0.39, 0.29) is 56.3 Å². The van der Waals surface area contributed by atoms with Crippen LogP contribution in [0.3, 0.4) is 0 Å². The van der Waals surface area contributed by atoms with E-state index in [9.17, 15) is 17.5 Å². The number of ether oxygens (including phenoxy) is 4. The average Bonchev–Trinajstić information content (AvgIpc) is 1.71. The monoisotopic (exact) mass is 1630 g/mol. The van der Waals surface area contributed by atoms with Crippen LogP contribution in [-0.4, -0.2) is 166 Å². The first-order valence-corrected chi connectivity index (χ1v) is 41.1. The lowest BCUT2D eigenvalue weighted by Gasteiger charge is -2.37. The van der Waals surface area contributed by atoms with Gasteiger partial charge in [-0.2, -0.15) is 48.4 Å². The number of methoxy groups -OCH3 is 2. The van der Waals surface area contributed by atoms with Gasteiger partial charge in [-0.1, -0.05) is 31.0 Å². The molecule has 7 N–H and O–H groups in total. The second-order valence-electron chi connectivity index (χ2n) is 25.3. The third kappa shape index (κ3) is 22.7. The summed E-state index contributed by atoms with van der Waals surface area (Å²) in [5, 5.41) is 34.0. The Kier molecular flexibility index (Phi) is 29.1. The molecular weight excluding hydrogens is 1540 g/mol. The lowest BCUT2D eigenvalue weighted by molar-refractivity contribution is -0.00560. The number of rotatable bonds is 17. The minimum absolute atomic E-state index is 0.0325. The van der Waals surface area contributed by atoms with Gasteiger partial charge in [-0.3, -0.25) is 4.55 Å².